The van der Waals surface area contributed by atoms with Gasteiger partial charge in [-0.2, -0.15) is 0 Å². The van der Waals surface area contributed by atoms with Crippen LogP contribution in [0.5, 0.6) is 5.75 Å². The lowest BCUT2D eigenvalue weighted by Gasteiger charge is -2.08. The van der Waals surface area contributed by atoms with E-state index < -0.39 is 11.1 Å². The number of methoxy groups -OCH3 is 1. The molecule has 0 amide bonds. The van der Waals surface area contributed by atoms with Gasteiger partial charge >= 0.3 is 0 Å². The van der Waals surface area contributed by atoms with Crippen molar-refractivity contribution in [3.05, 3.63) is 18.2 Å². The zero-order valence-electron chi connectivity index (χ0n) is 6.44. The molecule has 0 bridgehead atoms. The first-order valence-corrected chi connectivity index (χ1v) is 4.25. The van der Waals surface area contributed by atoms with Gasteiger partial charge in [-0.15, -0.1) is 0 Å². The minimum absolute atomic E-state index is 0.160. The molecule has 4 nitrogen and oxygen atoms in total. The number of ether oxygens (including phenoxy) is 1. The van der Waals surface area contributed by atoms with Crippen molar-refractivity contribution in [1.82, 2.24) is 0 Å². The Bertz CT molecular complexity index is 314. The molecule has 0 aliphatic carbocycles. The van der Waals surface area contributed by atoms with Crippen molar-refractivity contribution in [3.63, 3.8) is 0 Å². The Balaban J connectivity index is 3.10. The van der Waals surface area contributed by atoms with Crippen molar-refractivity contribution in [2.75, 3.05) is 12.8 Å². The Morgan fingerprint density at radius 2 is 2.25 bits per heavy atom. The van der Waals surface area contributed by atoms with E-state index in [-0.39, 0.29) is 4.90 Å². The molecule has 1 rings (SSSR count). The first-order chi connectivity index (χ1) is 5.65. The molecule has 0 fully saturated rings. The number of nitrogens with two attached hydrogens (primary N) is 1. The summed E-state index contributed by atoms with van der Waals surface area (Å²) in [5.41, 5.74) is 5.79. The maximum absolute atomic E-state index is 10.5. The SMILES string of the molecule is COc1ccc(S(=O)[O-])cc1N. The van der Waals surface area contributed by atoms with Crippen LogP contribution in [0.15, 0.2) is 23.1 Å². The van der Waals surface area contributed by atoms with E-state index >= 15 is 0 Å². The van der Waals surface area contributed by atoms with Gasteiger partial charge in [-0.05, 0) is 29.3 Å². The third-order valence-corrected chi connectivity index (χ3v) is 2.03. The smallest absolute Gasteiger partial charge is 0.141 e. The molecule has 0 radical (unpaired) electrons. The molecule has 1 unspecified atom stereocenters. The van der Waals surface area contributed by atoms with Gasteiger partial charge < -0.3 is 15.0 Å². The molecule has 1 atom stereocenters. The molecule has 1 aromatic carbocycles. The fourth-order valence-electron chi connectivity index (χ4n) is 0.816. The summed E-state index contributed by atoms with van der Waals surface area (Å²) in [7, 11) is 1.47. The van der Waals surface area contributed by atoms with Crippen LogP contribution in [-0.4, -0.2) is 15.9 Å². The first kappa shape index (κ1) is 9.02. The highest BCUT2D eigenvalue weighted by atomic mass is 32.2. The summed E-state index contributed by atoms with van der Waals surface area (Å²) in [6, 6.07) is 4.29. The van der Waals surface area contributed by atoms with Gasteiger partial charge in [0.05, 0.1) is 12.8 Å². The Morgan fingerprint density at radius 3 is 2.67 bits per heavy atom. The van der Waals surface area contributed by atoms with Crippen LogP contribution in [0.25, 0.3) is 0 Å². The zero-order valence-corrected chi connectivity index (χ0v) is 7.26. The summed E-state index contributed by atoms with van der Waals surface area (Å²) in [6.07, 6.45) is 0. The molecule has 0 saturated heterocycles. The lowest BCUT2D eigenvalue weighted by Crippen LogP contribution is -1.95. The van der Waals surface area contributed by atoms with E-state index in [0.717, 1.165) is 0 Å². The third-order valence-electron chi connectivity index (χ3n) is 1.39. The molecule has 2 N–H and O–H groups in total. The van der Waals surface area contributed by atoms with E-state index in [0.29, 0.717) is 11.4 Å². The van der Waals surface area contributed by atoms with Gasteiger partial charge in [-0.1, -0.05) is 0 Å². The molecule has 0 heterocycles. The van der Waals surface area contributed by atoms with Crippen LogP contribution < -0.4 is 10.5 Å². The van der Waals surface area contributed by atoms with Gasteiger partial charge in [-0.3, -0.25) is 4.21 Å². The highest BCUT2D eigenvalue weighted by Crippen LogP contribution is 2.22. The van der Waals surface area contributed by atoms with Crippen molar-refractivity contribution < 1.29 is 13.5 Å². The predicted octanol–water partition coefficient (Wildman–Crippen LogP) is 0.515. The van der Waals surface area contributed by atoms with E-state index in [4.69, 9.17) is 10.5 Å². The molecule has 5 heteroatoms. The van der Waals surface area contributed by atoms with E-state index in [1.807, 2.05) is 0 Å². The second kappa shape index (κ2) is 3.55. The lowest BCUT2D eigenvalue weighted by molar-refractivity contribution is 0.416. The third kappa shape index (κ3) is 1.75. The second-order valence-corrected chi connectivity index (χ2v) is 3.08. The van der Waals surface area contributed by atoms with Crippen LogP contribution in [0, 0.1) is 0 Å². The molecular formula is C7H8NO3S-. The van der Waals surface area contributed by atoms with Crippen LogP contribution in [0.2, 0.25) is 0 Å². The van der Waals surface area contributed by atoms with Gasteiger partial charge in [-0.25, -0.2) is 0 Å². The van der Waals surface area contributed by atoms with E-state index in [1.165, 1.54) is 25.3 Å². The normalized spacial score (nSPS) is 12.5. The van der Waals surface area contributed by atoms with Crippen LogP contribution in [0.4, 0.5) is 5.69 Å². The molecule has 0 spiro atoms. The quantitative estimate of drug-likeness (QED) is 0.539. The number of hydrogen-bond donors (Lipinski definition) is 1. The van der Waals surface area contributed by atoms with Crippen LogP contribution in [0.3, 0.4) is 0 Å². The summed E-state index contributed by atoms with van der Waals surface area (Å²) >= 11 is -2.24. The molecule has 0 aliphatic heterocycles. The van der Waals surface area contributed by atoms with E-state index in [1.54, 1.807) is 0 Å². The number of nitrogen functional groups attached to an aromatic ring is 1. The highest BCUT2D eigenvalue weighted by Gasteiger charge is 1.99. The Hall–Kier alpha value is -1.07. The molecule has 12 heavy (non-hydrogen) atoms. The average molecular weight is 186 g/mol. The van der Waals surface area contributed by atoms with Gasteiger partial charge in [0.15, 0.2) is 0 Å². The van der Waals surface area contributed by atoms with Gasteiger partial charge in [0.2, 0.25) is 0 Å². The fraction of sp³-hybridized carbons (Fsp3) is 0.143. The summed E-state index contributed by atoms with van der Waals surface area (Å²) in [4.78, 5) is 0.160. The van der Waals surface area contributed by atoms with Crippen LogP contribution in [-0.2, 0) is 11.1 Å². The second-order valence-electron chi connectivity index (χ2n) is 2.14. The molecule has 0 saturated carbocycles. The topological polar surface area (TPSA) is 75.4 Å². The summed E-state index contributed by atoms with van der Waals surface area (Å²) < 4.78 is 25.8. The average Bonchev–Trinajstić information content (AvgIpc) is 2.04. The van der Waals surface area contributed by atoms with Crippen molar-refractivity contribution >= 4 is 16.8 Å². The summed E-state index contributed by atoms with van der Waals surface area (Å²) in [5.74, 6) is 0.476. The first-order valence-electron chi connectivity index (χ1n) is 3.18. The Labute approximate surface area is 72.6 Å². The molecular weight excluding hydrogens is 178 g/mol. The summed E-state index contributed by atoms with van der Waals surface area (Å²) in [5, 5.41) is 0. The van der Waals surface area contributed by atoms with E-state index in [9.17, 15) is 8.76 Å². The highest BCUT2D eigenvalue weighted by molar-refractivity contribution is 7.79. The monoisotopic (exact) mass is 186 g/mol. The van der Waals surface area contributed by atoms with Gasteiger partial charge in [0.25, 0.3) is 0 Å². The molecule has 1 aromatic rings. The number of rotatable bonds is 2. The zero-order chi connectivity index (χ0) is 9.14. The number of anilines is 1. The Kier molecular flexibility index (Phi) is 2.67. The standard InChI is InChI=1S/C7H9NO3S/c1-11-7-3-2-5(12(9)10)4-6(7)8/h2-4H,8H2,1H3,(H,9,10)/p-1. The van der Waals surface area contributed by atoms with Crippen LogP contribution >= 0.6 is 0 Å². The van der Waals surface area contributed by atoms with Crippen molar-refractivity contribution in [3.8, 4) is 5.75 Å². The largest absolute Gasteiger partial charge is 0.768 e. The van der Waals surface area contributed by atoms with Crippen molar-refractivity contribution in [1.29, 1.82) is 0 Å². The van der Waals surface area contributed by atoms with Gasteiger partial charge in [0, 0.05) is 4.90 Å². The predicted molar refractivity (Wildman–Crippen MR) is 44.6 cm³/mol. The maximum atomic E-state index is 10.5. The Morgan fingerprint density at radius 1 is 1.58 bits per heavy atom. The minimum atomic E-state index is -2.24. The number of hydrogen-bond acceptors (Lipinski definition) is 4. The maximum Gasteiger partial charge on any atom is 0.141 e. The molecule has 0 aromatic heterocycles. The minimum Gasteiger partial charge on any atom is -0.768 e. The van der Waals surface area contributed by atoms with Crippen molar-refractivity contribution in [2.45, 2.75) is 4.90 Å². The molecule has 66 valence electrons. The number of benzene rings is 1. The molecule has 0 aliphatic rings. The van der Waals surface area contributed by atoms with Gasteiger partial charge in [0.1, 0.15) is 5.75 Å². The fourth-order valence-corrected chi connectivity index (χ4v) is 1.22. The van der Waals surface area contributed by atoms with Crippen molar-refractivity contribution in [2.24, 2.45) is 0 Å². The summed E-state index contributed by atoms with van der Waals surface area (Å²) in [6.45, 7) is 0. The van der Waals surface area contributed by atoms with Crippen LogP contribution in [0.1, 0.15) is 0 Å². The lowest BCUT2D eigenvalue weighted by atomic mass is 10.3. The van der Waals surface area contributed by atoms with E-state index in [2.05, 4.69) is 0 Å².